The number of amides is 2. The molecule has 2 rings (SSSR count). The van der Waals surface area contributed by atoms with E-state index in [0.717, 1.165) is 4.88 Å². The fourth-order valence-electron chi connectivity index (χ4n) is 2.46. The van der Waals surface area contributed by atoms with Crippen LogP contribution < -0.4 is 15.4 Å². The van der Waals surface area contributed by atoms with Crippen molar-refractivity contribution in [3.63, 3.8) is 0 Å². The molecule has 0 saturated heterocycles. The van der Waals surface area contributed by atoms with Gasteiger partial charge in [0.15, 0.2) is 0 Å². The molecular formula is C18H22ClN3O4S. The van der Waals surface area contributed by atoms with Crippen molar-refractivity contribution in [1.29, 1.82) is 0 Å². The topological polar surface area (TPSA) is 79.9 Å². The lowest BCUT2D eigenvalue weighted by atomic mass is 10.1. The monoisotopic (exact) mass is 411 g/mol. The number of anilines is 1. The summed E-state index contributed by atoms with van der Waals surface area (Å²) in [6.07, 6.45) is 0. The van der Waals surface area contributed by atoms with Gasteiger partial charge in [-0.1, -0.05) is 17.7 Å². The average molecular weight is 412 g/mol. The Balaban J connectivity index is 2.08. The number of thiophene rings is 1. The number of halogens is 1. The molecule has 146 valence electrons. The quantitative estimate of drug-likeness (QED) is 0.680. The van der Waals surface area contributed by atoms with E-state index in [1.54, 1.807) is 11.3 Å². The maximum absolute atomic E-state index is 12.3. The van der Waals surface area contributed by atoms with Crippen LogP contribution in [0.4, 0.5) is 10.5 Å². The number of esters is 1. The van der Waals surface area contributed by atoms with E-state index in [1.807, 2.05) is 36.5 Å². The fourth-order valence-corrected chi connectivity index (χ4v) is 3.60. The van der Waals surface area contributed by atoms with Crippen LogP contribution >= 0.6 is 22.9 Å². The van der Waals surface area contributed by atoms with E-state index in [9.17, 15) is 9.59 Å². The Bertz CT molecular complexity index is 796. The second-order valence-corrected chi connectivity index (χ2v) is 7.24. The van der Waals surface area contributed by atoms with Gasteiger partial charge in [-0.05, 0) is 31.6 Å². The normalized spacial score (nSPS) is 11.8. The zero-order chi connectivity index (χ0) is 20.0. The third-order valence-corrected chi connectivity index (χ3v) is 5.18. The molecule has 9 heteroatoms. The van der Waals surface area contributed by atoms with Crippen molar-refractivity contribution in [1.82, 2.24) is 10.2 Å². The van der Waals surface area contributed by atoms with Crippen molar-refractivity contribution in [3.8, 4) is 5.75 Å². The number of hydrogen-bond donors (Lipinski definition) is 2. The molecule has 2 N–H and O–H groups in total. The van der Waals surface area contributed by atoms with Gasteiger partial charge in [-0.25, -0.2) is 9.59 Å². The first-order valence-corrected chi connectivity index (χ1v) is 9.33. The molecule has 2 aromatic rings. The van der Waals surface area contributed by atoms with Gasteiger partial charge in [-0.2, -0.15) is 0 Å². The minimum absolute atomic E-state index is 0.0578. The molecule has 0 fully saturated rings. The first-order valence-electron chi connectivity index (χ1n) is 8.07. The predicted octanol–water partition coefficient (Wildman–Crippen LogP) is 3.62. The zero-order valence-corrected chi connectivity index (χ0v) is 17.1. The van der Waals surface area contributed by atoms with E-state index in [4.69, 9.17) is 21.1 Å². The van der Waals surface area contributed by atoms with Gasteiger partial charge in [0.05, 0.1) is 31.0 Å². The summed E-state index contributed by atoms with van der Waals surface area (Å²) < 4.78 is 9.88. The number of urea groups is 1. The third kappa shape index (κ3) is 5.35. The lowest BCUT2D eigenvalue weighted by Gasteiger charge is -2.23. The summed E-state index contributed by atoms with van der Waals surface area (Å²) in [6, 6.07) is 6.54. The van der Waals surface area contributed by atoms with Crippen LogP contribution in [0, 0.1) is 0 Å². The maximum atomic E-state index is 12.3. The van der Waals surface area contributed by atoms with Crippen LogP contribution in [0.1, 0.15) is 21.3 Å². The summed E-state index contributed by atoms with van der Waals surface area (Å²) in [5, 5.41) is 7.72. The molecule has 0 unspecified atom stereocenters. The number of ether oxygens (including phenoxy) is 2. The highest BCUT2D eigenvalue weighted by atomic mass is 35.5. The lowest BCUT2D eigenvalue weighted by Crippen LogP contribution is -2.36. The standard InChI is InChI=1S/C18H22ClN3O4S/c1-22(2)14(16-6-5-7-27-16)10-20-18(24)21-13-9-15(25-3)11(8-12(13)19)17(23)26-4/h5-9,14H,10H2,1-4H3,(H2,20,21,24)/t14-/m0/s1. The maximum Gasteiger partial charge on any atom is 0.341 e. The summed E-state index contributed by atoms with van der Waals surface area (Å²) in [4.78, 5) is 27.3. The Labute approximate surface area is 167 Å². The number of nitrogens with one attached hydrogen (secondary N) is 2. The van der Waals surface area contributed by atoms with Gasteiger partial charge < -0.3 is 25.0 Å². The van der Waals surface area contributed by atoms with E-state index < -0.39 is 12.0 Å². The van der Waals surface area contributed by atoms with E-state index in [-0.39, 0.29) is 22.4 Å². The number of methoxy groups -OCH3 is 2. The van der Waals surface area contributed by atoms with Crippen molar-refractivity contribution < 1.29 is 19.1 Å². The minimum Gasteiger partial charge on any atom is -0.496 e. The van der Waals surface area contributed by atoms with Gasteiger partial charge in [-0.15, -0.1) is 11.3 Å². The molecule has 1 heterocycles. The van der Waals surface area contributed by atoms with Crippen LogP contribution in [0.3, 0.4) is 0 Å². The molecule has 2 amide bonds. The molecule has 0 aliphatic rings. The molecule has 7 nitrogen and oxygen atoms in total. The van der Waals surface area contributed by atoms with Gasteiger partial charge in [0, 0.05) is 17.5 Å². The van der Waals surface area contributed by atoms with Crippen molar-refractivity contribution in [2.24, 2.45) is 0 Å². The molecule has 0 spiro atoms. The second-order valence-electron chi connectivity index (χ2n) is 5.85. The molecule has 0 bridgehead atoms. The number of rotatable bonds is 7. The number of carbonyl (C=O) groups is 2. The van der Waals surface area contributed by atoms with Crippen LogP contribution in [0.5, 0.6) is 5.75 Å². The van der Waals surface area contributed by atoms with Gasteiger partial charge in [0.2, 0.25) is 0 Å². The summed E-state index contributed by atoms with van der Waals surface area (Å²) >= 11 is 7.82. The first kappa shape index (κ1) is 21.0. The molecular weight excluding hydrogens is 390 g/mol. The number of hydrogen-bond acceptors (Lipinski definition) is 6. The fraction of sp³-hybridized carbons (Fsp3) is 0.333. The van der Waals surface area contributed by atoms with Crippen LogP contribution in [-0.4, -0.2) is 51.8 Å². The molecule has 0 radical (unpaired) electrons. The third-order valence-electron chi connectivity index (χ3n) is 3.89. The zero-order valence-electron chi connectivity index (χ0n) is 15.5. The molecule has 1 aromatic carbocycles. The van der Waals surface area contributed by atoms with E-state index in [1.165, 1.54) is 26.4 Å². The van der Waals surface area contributed by atoms with Crippen molar-refractivity contribution in [2.75, 3.05) is 40.2 Å². The summed E-state index contributed by atoms with van der Waals surface area (Å²) in [5.41, 5.74) is 0.512. The molecule has 0 saturated carbocycles. The Kier molecular flexibility index (Phi) is 7.46. The molecule has 0 aliphatic carbocycles. The van der Waals surface area contributed by atoms with Crippen LogP contribution in [0.15, 0.2) is 29.6 Å². The largest absolute Gasteiger partial charge is 0.496 e. The highest BCUT2D eigenvalue weighted by Crippen LogP contribution is 2.31. The molecule has 1 aromatic heterocycles. The van der Waals surface area contributed by atoms with Gasteiger partial charge in [0.25, 0.3) is 0 Å². The van der Waals surface area contributed by atoms with Crippen LogP contribution in [-0.2, 0) is 4.74 Å². The Hall–Kier alpha value is -2.29. The second kappa shape index (κ2) is 9.59. The lowest BCUT2D eigenvalue weighted by molar-refractivity contribution is 0.0597. The van der Waals surface area contributed by atoms with E-state index in [0.29, 0.717) is 12.2 Å². The first-order chi connectivity index (χ1) is 12.9. The summed E-state index contributed by atoms with van der Waals surface area (Å²) in [7, 11) is 6.60. The Morgan fingerprint density at radius 2 is 2.04 bits per heavy atom. The van der Waals surface area contributed by atoms with Crippen molar-refractivity contribution in [2.45, 2.75) is 6.04 Å². The van der Waals surface area contributed by atoms with Crippen molar-refractivity contribution >= 4 is 40.6 Å². The highest BCUT2D eigenvalue weighted by Gasteiger charge is 2.19. The van der Waals surface area contributed by atoms with E-state index >= 15 is 0 Å². The summed E-state index contributed by atoms with van der Waals surface area (Å²) in [5.74, 6) is -0.319. The van der Waals surface area contributed by atoms with E-state index in [2.05, 4.69) is 10.6 Å². The number of benzene rings is 1. The number of likely N-dealkylation sites (N-methyl/N-ethyl adjacent to an activating group) is 1. The van der Waals surface area contributed by atoms with Crippen LogP contribution in [0.25, 0.3) is 0 Å². The smallest absolute Gasteiger partial charge is 0.341 e. The molecule has 27 heavy (non-hydrogen) atoms. The Morgan fingerprint density at radius 1 is 1.30 bits per heavy atom. The SMILES string of the molecule is COC(=O)c1cc(Cl)c(NC(=O)NC[C@@H](c2cccs2)N(C)C)cc1OC. The minimum atomic E-state index is -0.575. The van der Waals surface area contributed by atoms with Gasteiger partial charge in [0.1, 0.15) is 11.3 Å². The summed E-state index contributed by atoms with van der Waals surface area (Å²) in [6.45, 7) is 0.425. The predicted molar refractivity (Wildman–Crippen MR) is 107 cm³/mol. The molecule has 0 aliphatic heterocycles. The number of nitrogens with zero attached hydrogens (tertiary/aromatic N) is 1. The molecule has 1 atom stereocenters. The Morgan fingerprint density at radius 3 is 2.59 bits per heavy atom. The van der Waals surface area contributed by atoms with Crippen molar-refractivity contribution in [3.05, 3.63) is 45.1 Å². The average Bonchev–Trinajstić information content (AvgIpc) is 3.16. The number of carbonyl (C=O) groups excluding carboxylic acids is 2. The van der Waals surface area contributed by atoms with Gasteiger partial charge >= 0.3 is 12.0 Å². The highest BCUT2D eigenvalue weighted by molar-refractivity contribution is 7.10. The van der Waals surface area contributed by atoms with Gasteiger partial charge in [-0.3, -0.25) is 0 Å². The van der Waals surface area contributed by atoms with Crippen LogP contribution in [0.2, 0.25) is 5.02 Å².